The van der Waals surface area contributed by atoms with Crippen molar-refractivity contribution in [3.63, 3.8) is 0 Å². The van der Waals surface area contributed by atoms with Crippen molar-refractivity contribution in [3.8, 4) is 0 Å². The molecule has 2 aromatic carbocycles. The van der Waals surface area contributed by atoms with Crippen LogP contribution >= 0.6 is 0 Å². The SMILES string of the molecule is Cc1ccc(C)c(S(=O)(=O)N/N=C\c2ccc(C(C)C)cc2)c1. The van der Waals surface area contributed by atoms with Gasteiger partial charge in [-0.2, -0.15) is 13.5 Å². The molecule has 0 fully saturated rings. The first-order valence-electron chi connectivity index (χ1n) is 7.51. The molecular formula is C18H22N2O2S. The maximum atomic E-state index is 12.3. The predicted molar refractivity (Wildman–Crippen MR) is 94.4 cm³/mol. The van der Waals surface area contributed by atoms with Crippen molar-refractivity contribution < 1.29 is 8.42 Å². The number of aryl methyl sites for hydroxylation is 2. The number of hydrazone groups is 1. The van der Waals surface area contributed by atoms with Crippen molar-refractivity contribution in [2.24, 2.45) is 5.10 Å². The minimum atomic E-state index is -3.65. The standard InChI is InChI=1S/C18H22N2O2S/c1-13(2)17-9-7-16(8-10-17)12-19-20-23(21,22)18-11-14(3)5-6-15(18)4/h5-13,20H,1-4H3/b19-12-. The lowest BCUT2D eigenvalue weighted by Crippen LogP contribution is -2.19. The Morgan fingerprint density at radius 1 is 1.04 bits per heavy atom. The molecule has 2 aromatic rings. The van der Waals surface area contributed by atoms with E-state index in [1.54, 1.807) is 19.1 Å². The van der Waals surface area contributed by atoms with Crippen LogP contribution in [0.1, 0.15) is 42.0 Å². The molecule has 4 nitrogen and oxygen atoms in total. The summed E-state index contributed by atoms with van der Waals surface area (Å²) in [6.07, 6.45) is 1.51. The maximum Gasteiger partial charge on any atom is 0.276 e. The third kappa shape index (κ3) is 4.42. The van der Waals surface area contributed by atoms with Crippen LogP contribution in [0, 0.1) is 13.8 Å². The van der Waals surface area contributed by atoms with Crippen LogP contribution in [0.3, 0.4) is 0 Å². The Morgan fingerprint density at radius 2 is 1.70 bits per heavy atom. The van der Waals surface area contributed by atoms with Crippen LogP contribution in [-0.2, 0) is 10.0 Å². The second-order valence-electron chi connectivity index (χ2n) is 5.94. The molecule has 0 aliphatic carbocycles. The zero-order valence-corrected chi connectivity index (χ0v) is 14.7. The lowest BCUT2D eigenvalue weighted by molar-refractivity contribution is 0.584. The summed E-state index contributed by atoms with van der Waals surface area (Å²) in [6.45, 7) is 7.88. The summed E-state index contributed by atoms with van der Waals surface area (Å²) in [4.78, 5) is 2.53. The second kappa shape index (κ2) is 6.96. The minimum Gasteiger partial charge on any atom is -0.200 e. The molecule has 0 radical (unpaired) electrons. The Hall–Kier alpha value is -2.14. The van der Waals surface area contributed by atoms with Crippen LogP contribution in [0.15, 0.2) is 52.5 Å². The molecule has 0 spiro atoms. The van der Waals surface area contributed by atoms with E-state index < -0.39 is 10.0 Å². The number of nitrogens with one attached hydrogen (secondary N) is 1. The third-order valence-corrected chi connectivity index (χ3v) is 4.99. The normalized spacial score (nSPS) is 12.0. The number of benzene rings is 2. The Labute approximate surface area is 138 Å². The van der Waals surface area contributed by atoms with Crippen LogP contribution < -0.4 is 4.83 Å². The summed E-state index contributed by atoms with van der Waals surface area (Å²) in [7, 11) is -3.65. The highest BCUT2D eigenvalue weighted by Crippen LogP contribution is 2.17. The van der Waals surface area contributed by atoms with Gasteiger partial charge in [0.2, 0.25) is 0 Å². The Bertz CT molecular complexity index is 807. The van der Waals surface area contributed by atoms with Crippen molar-refractivity contribution >= 4 is 16.2 Å². The highest BCUT2D eigenvalue weighted by molar-refractivity contribution is 7.89. The van der Waals surface area contributed by atoms with E-state index in [0.29, 0.717) is 11.5 Å². The number of sulfonamides is 1. The number of hydrogen-bond donors (Lipinski definition) is 1. The monoisotopic (exact) mass is 330 g/mol. The summed E-state index contributed by atoms with van der Waals surface area (Å²) < 4.78 is 24.6. The van der Waals surface area contributed by atoms with Crippen LogP contribution in [0.2, 0.25) is 0 Å². The largest absolute Gasteiger partial charge is 0.276 e. The minimum absolute atomic E-state index is 0.254. The molecule has 122 valence electrons. The van der Waals surface area contributed by atoms with Crippen LogP contribution in [0.4, 0.5) is 0 Å². The topological polar surface area (TPSA) is 58.5 Å². The molecule has 23 heavy (non-hydrogen) atoms. The first-order chi connectivity index (χ1) is 10.8. The maximum absolute atomic E-state index is 12.3. The molecule has 0 unspecified atom stereocenters. The fraction of sp³-hybridized carbons (Fsp3) is 0.278. The van der Waals surface area contributed by atoms with E-state index in [1.807, 2.05) is 37.3 Å². The van der Waals surface area contributed by atoms with Crippen LogP contribution in [0.5, 0.6) is 0 Å². The summed E-state index contributed by atoms with van der Waals surface area (Å²) in [5, 5.41) is 3.87. The molecule has 0 heterocycles. The Morgan fingerprint density at radius 3 is 2.30 bits per heavy atom. The van der Waals surface area contributed by atoms with Crippen molar-refractivity contribution in [2.45, 2.75) is 38.5 Å². The fourth-order valence-electron chi connectivity index (χ4n) is 2.18. The number of hydrogen-bond acceptors (Lipinski definition) is 3. The van der Waals surface area contributed by atoms with Crippen molar-refractivity contribution in [3.05, 3.63) is 64.7 Å². The number of rotatable bonds is 5. The van der Waals surface area contributed by atoms with Gasteiger partial charge in [0, 0.05) is 0 Å². The van der Waals surface area contributed by atoms with Gasteiger partial charge in [0.25, 0.3) is 10.0 Å². The van der Waals surface area contributed by atoms with Gasteiger partial charge in [0.1, 0.15) is 0 Å². The molecule has 0 amide bonds. The molecule has 0 aliphatic heterocycles. The highest BCUT2D eigenvalue weighted by atomic mass is 32.2. The van der Waals surface area contributed by atoms with E-state index in [2.05, 4.69) is 23.8 Å². The fourth-order valence-corrected chi connectivity index (χ4v) is 3.31. The van der Waals surface area contributed by atoms with E-state index in [4.69, 9.17) is 0 Å². The molecule has 0 bridgehead atoms. The van der Waals surface area contributed by atoms with Crippen molar-refractivity contribution in [1.82, 2.24) is 4.83 Å². The molecule has 0 saturated carbocycles. The van der Waals surface area contributed by atoms with E-state index in [1.165, 1.54) is 11.8 Å². The first-order valence-corrected chi connectivity index (χ1v) is 9.00. The number of nitrogens with zero attached hydrogens (tertiary/aromatic N) is 1. The van der Waals surface area contributed by atoms with Gasteiger partial charge in [-0.25, -0.2) is 4.83 Å². The Kier molecular flexibility index (Phi) is 5.21. The van der Waals surface area contributed by atoms with Crippen molar-refractivity contribution in [1.29, 1.82) is 0 Å². The van der Waals surface area contributed by atoms with Gasteiger partial charge < -0.3 is 0 Å². The summed E-state index contributed by atoms with van der Waals surface area (Å²) in [5.74, 6) is 0.462. The zero-order valence-electron chi connectivity index (χ0n) is 13.9. The first kappa shape index (κ1) is 17.2. The van der Waals surface area contributed by atoms with Gasteiger partial charge in [0.05, 0.1) is 11.1 Å². The predicted octanol–water partition coefficient (Wildman–Crippen LogP) is 3.74. The van der Waals surface area contributed by atoms with Gasteiger partial charge in [-0.15, -0.1) is 0 Å². The molecule has 0 aliphatic rings. The van der Waals surface area contributed by atoms with E-state index >= 15 is 0 Å². The molecule has 5 heteroatoms. The van der Waals surface area contributed by atoms with Gasteiger partial charge in [-0.1, -0.05) is 50.2 Å². The van der Waals surface area contributed by atoms with Crippen molar-refractivity contribution in [2.75, 3.05) is 0 Å². The van der Waals surface area contributed by atoms with Crippen LogP contribution in [0.25, 0.3) is 0 Å². The molecule has 1 N–H and O–H groups in total. The average molecular weight is 330 g/mol. The second-order valence-corrected chi connectivity index (χ2v) is 7.57. The molecule has 2 rings (SSSR count). The van der Waals surface area contributed by atoms with Gasteiger partial charge >= 0.3 is 0 Å². The quantitative estimate of drug-likeness (QED) is 0.670. The van der Waals surface area contributed by atoms with Gasteiger partial charge in [0.15, 0.2) is 0 Å². The lowest BCUT2D eigenvalue weighted by atomic mass is 10.0. The molecular weight excluding hydrogens is 308 g/mol. The van der Waals surface area contributed by atoms with Crippen LogP contribution in [-0.4, -0.2) is 14.6 Å². The summed E-state index contributed by atoms with van der Waals surface area (Å²) in [5.41, 5.74) is 3.67. The average Bonchev–Trinajstić information content (AvgIpc) is 2.50. The Balaban J connectivity index is 2.14. The lowest BCUT2D eigenvalue weighted by Gasteiger charge is -2.08. The van der Waals surface area contributed by atoms with Gasteiger partial charge in [-0.05, 0) is 48.1 Å². The molecule has 0 atom stereocenters. The van der Waals surface area contributed by atoms with E-state index in [0.717, 1.165) is 11.1 Å². The highest BCUT2D eigenvalue weighted by Gasteiger charge is 2.15. The van der Waals surface area contributed by atoms with E-state index in [9.17, 15) is 8.42 Å². The smallest absolute Gasteiger partial charge is 0.200 e. The molecule has 0 saturated heterocycles. The summed E-state index contributed by atoms with van der Waals surface area (Å²) >= 11 is 0. The third-order valence-electron chi connectivity index (χ3n) is 3.62. The molecule has 0 aromatic heterocycles. The van der Waals surface area contributed by atoms with E-state index in [-0.39, 0.29) is 4.90 Å². The van der Waals surface area contributed by atoms with Gasteiger partial charge in [-0.3, -0.25) is 0 Å². The zero-order chi connectivity index (χ0) is 17.0. The summed E-state index contributed by atoms with van der Waals surface area (Å²) in [6, 6.07) is 13.2.